The van der Waals surface area contributed by atoms with Crippen molar-refractivity contribution in [2.75, 3.05) is 32.7 Å². The molecule has 0 spiro atoms. The molecule has 3 fully saturated rings. The van der Waals surface area contributed by atoms with E-state index >= 15 is 0 Å². The summed E-state index contributed by atoms with van der Waals surface area (Å²) in [4.78, 5) is 34.2. The monoisotopic (exact) mass is 560 g/mol. The van der Waals surface area contributed by atoms with Gasteiger partial charge in [-0.3, -0.25) is 14.5 Å². The normalized spacial score (nSPS) is 26.4. The second kappa shape index (κ2) is 11.3. The number of carbonyl (C=O) groups excluding carboxylic acids is 2. The van der Waals surface area contributed by atoms with Crippen LogP contribution in [0.25, 0.3) is 0 Å². The fraction of sp³-hybridized carbons (Fsp3) is 0.750. The van der Waals surface area contributed by atoms with Gasteiger partial charge in [0, 0.05) is 56.3 Å². The van der Waals surface area contributed by atoms with Gasteiger partial charge in [-0.2, -0.15) is 0 Å². The van der Waals surface area contributed by atoms with Gasteiger partial charge in [0.15, 0.2) is 0 Å². The van der Waals surface area contributed by atoms with E-state index in [4.69, 9.17) is 5.73 Å². The van der Waals surface area contributed by atoms with Crippen LogP contribution >= 0.6 is 0 Å². The molecule has 0 bridgehead atoms. The van der Waals surface area contributed by atoms with E-state index in [9.17, 15) is 18.4 Å². The topological polar surface area (TPSA) is 69.9 Å². The first-order valence-corrected chi connectivity index (χ1v) is 15.1. The highest BCUT2D eigenvalue weighted by Gasteiger charge is 2.47. The van der Waals surface area contributed by atoms with Gasteiger partial charge in [0.1, 0.15) is 11.6 Å². The summed E-state index contributed by atoms with van der Waals surface area (Å²) in [6.07, 6.45) is 4.77. The molecule has 2 amide bonds. The number of halogens is 2. The average molecular weight is 561 g/mol. The maximum atomic E-state index is 15.0. The Bertz CT molecular complexity index is 1090. The molecule has 224 valence electrons. The molecular weight excluding hydrogens is 510 g/mol. The van der Waals surface area contributed by atoms with E-state index in [1.165, 1.54) is 12.1 Å². The lowest BCUT2D eigenvalue weighted by atomic mass is 9.74. The minimum atomic E-state index is -0.672. The molecule has 2 heterocycles. The van der Waals surface area contributed by atoms with Gasteiger partial charge in [0.25, 0.3) is 0 Å². The molecule has 3 aliphatic rings. The van der Waals surface area contributed by atoms with Crippen LogP contribution < -0.4 is 5.73 Å². The summed E-state index contributed by atoms with van der Waals surface area (Å²) in [6, 6.07) is 3.77. The van der Waals surface area contributed by atoms with Crippen molar-refractivity contribution in [1.82, 2.24) is 14.7 Å². The highest BCUT2D eigenvalue weighted by molar-refractivity contribution is 5.84. The van der Waals surface area contributed by atoms with E-state index in [2.05, 4.69) is 44.4 Å². The summed E-state index contributed by atoms with van der Waals surface area (Å²) < 4.78 is 28.7. The van der Waals surface area contributed by atoms with Crippen molar-refractivity contribution in [3.63, 3.8) is 0 Å². The summed E-state index contributed by atoms with van der Waals surface area (Å²) in [7, 11) is 0. The van der Waals surface area contributed by atoms with Crippen LogP contribution in [0.2, 0.25) is 0 Å². The summed E-state index contributed by atoms with van der Waals surface area (Å²) in [5.74, 6) is -1.94. The molecule has 2 aliphatic heterocycles. The zero-order valence-electron chi connectivity index (χ0n) is 25.6. The third-order valence-corrected chi connectivity index (χ3v) is 9.84. The smallest absolute Gasteiger partial charge is 0.230 e. The minimum absolute atomic E-state index is 0.00163. The predicted molar refractivity (Wildman–Crippen MR) is 155 cm³/mol. The first-order chi connectivity index (χ1) is 18.5. The van der Waals surface area contributed by atoms with Crippen LogP contribution in [0.4, 0.5) is 8.78 Å². The quantitative estimate of drug-likeness (QED) is 0.522. The van der Waals surface area contributed by atoms with Crippen LogP contribution in [0.15, 0.2) is 18.2 Å². The summed E-state index contributed by atoms with van der Waals surface area (Å²) in [6.45, 7) is 17.1. The van der Waals surface area contributed by atoms with Crippen LogP contribution in [0.3, 0.4) is 0 Å². The maximum absolute atomic E-state index is 15.0. The first kappa shape index (κ1) is 30.9. The van der Waals surface area contributed by atoms with Crippen LogP contribution in [0.1, 0.15) is 92.1 Å². The van der Waals surface area contributed by atoms with Gasteiger partial charge in [-0.15, -0.1) is 0 Å². The van der Waals surface area contributed by atoms with Crippen LogP contribution in [0.5, 0.6) is 0 Å². The average Bonchev–Trinajstić information content (AvgIpc) is 3.53. The molecule has 40 heavy (non-hydrogen) atoms. The Hall–Kier alpha value is -2.06. The highest BCUT2D eigenvalue weighted by atomic mass is 19.1. The summed E-state index contributed by atoms with van der Waals surface area (Å²) in [5.41, 5.74) is 5.85. The molecule has 0 aromatic heterocycles. The summed E-state index contributed by atoms with van der Waals surface area (Å²) in [5, 5.41) is 0. The van der Waals surface area contributed by atoms with Crippen LogP contribution in [-0.4, -0.2) is 76.9 Å². The number of nitrogens with zero attached hydrogens (tertiary/aromatic N) is 3. The number of nitrogens with two attached hydrogens (primary N) is 1. The second-order valence-electron chi connectivity index (χ2n) is 14.9. The lowest BCUT2D eigenvalue weighted by Crippen LogP contribution is -2.55. The van der Waals surface area contributed by atoms with E-state index < -0.39 is 23.0 Å². The molecule has 2 N–H and O–H groups in total. The number of rotatable bonds is 6. The predicted octanol–water partition coefficient (Wildman–Crippen LogP) is 5.16. The van der Waals surface area contributed by atoms with Crippen molar-refractivity contribution < 1.29 is 18.4 Å². The lowest BCUT2D eigenvalue weighted by molar-refractivity contribution is -0.147. The van der Waals surface area contributed by atoms with E-state index in [-0.39, 0.29) is 47.3 Å². The third kappa shape index (κ3) is 6.38. The van der Waals surface area contributed by atoms with Crippen LogP contribution in [0, 0.1) is 28.4 Å². The number of hydrogen-bond donors (Lipinski definition) is 1. The standard InChI is InChI=1S/C32H50F2N4O2/c1-30(2,3)37-18-25(24-9-8-21(33)16-27(24)34)26(19-37)28(39)36-15-12-23(17-36)38(29(40)32(6,7)20-35)22-10-13-31(4,5)14-11-22/h8-9,16,22-23,25-26H,10-15,17-20,35H2,1-7H3/t23-,25-,26+/m0/s1. The van der Waals surface area contributed by atoms with Gasteiger partial charge in [0.2, 0.25) is 11.8 Å². The minimum Gasteiger partial charge on any atom is -0.340 e. The first-order valence-electron chi connectivity index (χ1n) is 15.1. The Morgan fingerprint density at radius 3 is 2.23 bits per heavy atom. The van der Waals surface area contributed by atoms with E-state index in [0.717, 1.165) is 38.2 Å². The number of carbonyl (C=O) groups is 2. The molecule has 1 aliphatic carbocycles. The molecule has 0 radical (unpaired) electrons. The second-order valence-corrected chi connectivity index (χ2v) is 14.9. The molecule has 4 rings (SSSR count). The van der Waals surface area contributed by atoms with Crippen molar-refractivity contribution >= 4 is 11.8 Å². The Morgan fingerprint density at radius 2 is 1.65 bits per heavy atom. The molecular formula is C32H50F2N4O2. The lowest BCUT2D eigenvalue weighted by Gasteiger charge is -2.45. The Balaban J connectivity index is 1.57. The number of benzene rings is 1. The molecule has 1 aromatic rings. The van der Waals surface area contributed by atoms with Crippen molar-refractivity contribution in [2.45, 2.75) is 104 Å². The Morgan fingerprint density at radius 1 is 1.00 bits per heavy atom. The van der Waals surface area contributed by atoms with E-state index in [1.807, 2.05) is 18.7 Å². The SMILES string of the molecule is CC1(C)CCC(N(C(=O)C(C)(C)CN)[C@H]2CCN(C(=O)[C@@H]3CN(C(C)(C)C)C[C@H]3c3ccc(F)cc3F)C2)CC1. The summed E-state index contributed by atoms with van der Waals surface area (Å²) >= 11 is 0. The van der Waals surface area contributed by atoms with Gasteiger partial charge >= 0.3 is 0 Å². The highest BCUT2D eigenvalue weighted by Crippen LogP contribution is 2.41. The Labute approximate surface area is 239 Å². The largest absolute Gasteiger partial charge is 0.340 e. The number of likely N-dealkylation sites (tertiary alicyclic amines) is 2. The fourth-order valence-electron chi connectivity index (χ4n) is 6.85. The van der Waals surface area contributed by atoms with Gasteiger partial charge in [0.05, 0.1) is 17.4 Å². The number of hydrogen-bond acceptors (Lipinski definition) is 4. The van der Waals surface area contributed by atoms with Crippen molar-refractivity contribution in [2.24, 2.45) is 22.5 Å². The van der Waals surface area contributed by atoms with Crippen molar-refractivity contribution in [3.05, 3.63) is 35.4 Å². The van der Waals surface area contributed by atoms with Gasteiger partial charge in [-0.25, -0.2) is 8.78 Å². The van der Waals surface area contributed by atoms with Gasteiger partial charge < -0.3 is 15.5 Å². The fourth-order valence-corrected chi connectivity index (χ4v) is 6.85. The molecule has 2 saturated heterocycles. The number of amides is 2. The third-order valence-electron chi connectivity index (χ3n) is 9.84. The van der Waals surface area contributed by atoms with Gasteiger partial charge in [-0.05, 0) is 83.8 Å². The van der Waals surface area contributed by atoms with E-state index in [0.29, 0.717) is 31.7 Å². The Kier molecular flexibility index (Phi) is 8.74. The van der Waals surface area contributed by atoms with E-state index in [1.54, 1.807) is 0 Å². The maximum Gasteiger partial charge on any atom is 0.230 e. The molecule has 3 atom stereocenters. The zero-order chi connectivity index (χ0) is 29.6. The molecule has 6 nitrogen and oxygen atoms in total. The van der Waals surface area contributed by atoms with Crippen molar-refractivity contribution in [3.8, 4) is 0 Å². The molecule has 0 unspecified atom stereocenters. The molecule has 1 aromatic carbocycles. The zero-order valence-corrected chi connectivity index (χ0v) is 25.6. The van der Waals surface area contributed by atoms with Crippen molar-refractivity contribution in [1.29, 1.82) is 0 Å². The van der Waals surface area contributed by atoms with Gasteiger partial charge in [-0.1, -0.05) is 19.9 Å². The molecule has 8 heteroatoms. The van der Waals surface area contributed by atoms with Crippen LogP contribution in [-0.2, 0) is 9.59 Å². The molecule has 1 saturated carbocycles.